The van der Waals surface area contributed by atoms with Crippen LogP contribution in [0.2, 0.25) is 0 Å². The first-order valence-electron chi connectivity index (χ1n) is 14.0. The third-order valence-corrected chi connectivity index (χ3v) is 9.01. The fraction of sp³-hybridized carbons (Fsp3) is 0.167. The number of rotatable bonds is 1. The highest BCUT2D eigenvalue weighted by Crippen LogP contribution is 2.38. The SMILES string of the molecule is Cc1cc(C)c2c(c1)c1cc(C)cc(C)c1n2B1c2ccccc2-n2c3cc(C)ccc3c3ccc(C)c1c32. The highest BCUT2D eigenvalue weighted by atomic mass is 15.0. The van der Waals surface area contributed by atoms with Gasteiger partial charge in [0.2, 0.25) is 0 Å². The maximum atomic E-state index is 2.68. The number of aromatic nitrogens is 2. The van der Waals surface area contributed by atoms with Crippen molar-refractivity contribution < 1.29 is 0 Å². The van der Waals surface area contributed by atoms with Crippen molar-refractivity contribution in [3.63, 3.8) is 0 Å². The van der Waals surface area contributed by atoms with Crippen LogP contribution in [0.4, 0.5) is 0 Å². The molecule has 1 aliphatic rings. The highest BCUT2D eigenvalue weighted by Gasteiger charge is 2.37. The molecule has 0 saturated heterocycles. The normalized spacial score (nSPS) is 12.8. The van der Waals surface area contributed by atoms with Crippen LogP contribution in [0.3, 0.4) is 0 Å². The van der Waals surface area contributed by atoms with E-state index in [1.165, 1.54) is 93.6 Å². The van der Waals surface area contributed by atoms with E-state index in [1.54, 1.807) is 0 Å². The minimum atomic E-state index is 0.0746. The molecule has 3 heteroatoms. The van der Waals surface area contributed by atoms with Gasteiger partial charge in [0.1, 0.15) is 0 Å². The zero-order valence-corrected chi connectivity index (χ0v) is 23.5. The van der Waals surface area contributed by atoms with Crippen LogP contribution in [-0.2, 0) is 0 Å². The Morgan fingerprint density at radius 2 is 1.15 bits per heavy atom. The summed E-state index contributed by atoms with van der Waals surface area (Å²) in [6.45, 7) is 13.6. The molecular formula is C36H31BN2. The van der Waals surface area contributed by atoms with Crippen molar-refractivity contribution in [1.82, 2.24) is 9.05 Å². The number of benzene rings is 5. The van der Waals surface area contributed by atoms with Crippen molar-refractivity contribution >= 4 is 61.4 Å². The van der Waals surface area contributed by atoms with Crippen LogP contribution in [0, 0.1) is 41.5 Å². The van der Waals surface area contributed by atoms with Crippen LogP contribution in [0.25, 0.3) is 49.3 Å². The first-order valence-corrected chi connectivity index (χ1v) is 14.0. The van der Waals surface area contributed by atoms with Gasteiger partial charge in [-0.15, -0.1) is 0 Å². The molecular weight excluding hydrogens is 471 g/mol. The van der Waals surface area contributed by atoms with Gasteiger partial charge in [-0.05, 0) is 93.4 Å². The molecule has 0 saturated carbocycles. The van der Waals surface area contributed by atoms with Crippen LogP contribution in [0.5, 0.6) is 0 Å². The smallest absolute Gasteiger partial charge is 0.332 e. The number of hydrogen-bond acceptors (Lipinski definition) is 0. The van der Waals surface area contributed by atoms with E-state index < -0.39 is 0 Å². The summed E-state index contributed by atoms with van der Waals surface area (Å²) in [6.07, 6.45) is 0. The zero-order chi connectivity index (χ0) is 26.7. The third-order valence-electron chi connectivity index (χ3n) is 9.01. The molecule has 7 aromatic rings. The van der Waals surface area contributed by atoms with Crippen LogP contribution >= 0.6 is 0 Å². The minimum Gasteiger partial charge on any atom is -0.375 e. The summed E-state index contributed by atoms with van der Waals surface area (Å²) in [5, 5.41) is 5.39. The maximum Gasteiger partial charge on any atom is 0.332 e. The molecule has 188 valence electrons. The summed E-state index contributed by atoms with van der Waals surface area (Å²) in [7, 11) is 0. The lowest BCUT2D eigenvalue weighted by Gasteiger charge is -2.30. The van der Waals surface area contributed by atoms with Gasteiger partial charge in [0.05, 0.1) is 11.0 Å². The molecule has 0 bridgehead atoms. The summed E-state index contributed by atoms with van der Waals surface area (Å²) in [6, 6.07) is 30.1. The number of fused-ring (bicyclic) bond motifs is 8. The van der Waals surface area contributed by atoms with Crippen LogP contribution in [0.15, 0.2) is 78.9 Å². The second-order valence-corrected chi connectivity index (χ2v) is 11.8. The van der Waals surface area contributed by atoms with Crippen LogP contribution in [0.1, 0.15) is 33.4 Å². The highest BCUT2D eigenvalue weighted by molar-refractivity contribution is 6.88. The van der Waals surface area contributed by atoms with Gasteiger partial charge in [-0.2, -0.15) is 0 Å². The summed E-state index contributed by atoms with van der Waals surface area (Å²) in [5.41, 5.74) is 17.3. The van der Waals surface area contributed by atoms with E-state index in [0.29, 0.717) is 0 Å². The lowest BCUT2D eigenvalue weighted by Crippen LogP contribution is -2.54. The zero-order valence-electron chi connectivity index (χ0n) is 23.5. The second kappa shape index (κ2) is 7.67. The van der Waals surface area contributed by atoms with Crippen LogP contribution in [-0.4, -0.2) is 15.9 Å². The van der Waals surface area contributed by atoms with Crippen molar-refractivity contribution in [3.05, 3.63) is 112 Å². The van der Waals surface area contributed by atoms with Crippen LogP contribution < -0.4 is 10.9 Å². The van der Waals surface area contributed by atoms with E-state index in [1.807, 2.05) is 0 Å². The molecule has 0 atom stereocenters. The van der Waals surface area contributed by atoms with Gasteiger partial charge in [0, 0.05) is 38.3 Å². The lowest BCUT2D eigenvalue weighted by atomic mass is 9.47. The molecule has 3 heterocycles. The quantitative estimate of drug-likeness (QED) is 0.204. The molecule has 39 heavy (non-hydrogen) atoms. The Morgan fingerprint density at radius 3 is 1.85 bits per heavy atom. The molecule has 0 fully saturated rings. The molecule has 2 nitrogen and oxygen atoms in total. The molecule has 0 unspecified atom stereocenters. The predicted molar refractivity (Wildman–Crippen MR) is 169 cm³/mol. The Labute approximate surface area is 229 Å². The van der Waals surface area contributed by atoms with Gasteiger partial charge < -0.3 is 9.05 Å². The van der Waals surface area contributed by atoms with Crippen molar-refractivity contribution in [1.29, 1.82) is 0 Å². The van der Waals surface area contributed by atoms with E-state index in [4.69, 9.17) is 0 Å². The van der Waals surface area contributed by atoms with E-state index in [9.17, 15) is 0 Å². The Balaban J connectivity index is 1.64. The number of aryl methyl sites for hydroxylation is 6. The Morgan fingerprint density at radius 1 is 0.513 bits per heavy atom. The number of hydrogen-bond donors (Lipinski definition) is 0. The topological polar surface area (TPSA) is 9.86 Å². The van der Waals surface area contributed by atoms with Gasteiger partial charge in [0.15, 0.2) is 0 Å². The molecule has 2 aromatic heterocycles. The molecule has 0 aliphatic carbocycles. The van der Waals surface area contributed by atoms with Gasteiger partial charge in [-0.3, -0.25) is 0 Å². The number of nitrogens with zero attached hydrogens (tertiary/aromatic N) is 2. The molecule has 0 amide bonds. The molecule has 8 rings (SSSR count). The minimum absolute atomic E-state index is 0.0746. The van der Waals surface area contributed by atoms with E-state index >= 15 is 0 Å². The molecule has 0 spiro atoms. The predicted octanol–water partition coefficient (Wildman–Crippen LogP) is 7.71. The van der Waals surface area contributed by atoms with Gasteiger partial charge >= 0.3 is 6.85 Å². The Hall–Kier alpha value is -4.24. The monoisotopic (exact) mass is 502 g/mol. The van der Waals surface area contributed by atoms with Gasteiger partial charge in [0.25, 0.3) is 0 Å². The van der Waals surface area contributed by atoms with Crippen molar-refractivity contribution in [2.75, 3.05) is 0 Å². The average Bonchev–Trinajstić information content (AvgIpc) is 3.39. The third kappa shape index (κ3) is 2.88. The Kier molecular flexibility index (Phi) is 4.47. The maximum absolute atomic E-state index is 2.68. The molecule has 5 aromatic carbocycles. The van der Waals surface area contributed by atoms with Crippen molar-refractivity contribution in [3.8, 4) is 5.69 Å². The number of para-hydroxylation sites is 1. The first kappa shape index (κ1) is 22.7. The second-order valence-electron chi connectivity index (χ2n) is 11.8. The summed E-state index contributed by atoms with van der Waals surface area (Å²) < 4.78 is 5.22. The van der Waals surface area contributed by atoms with Gasteiger partial charge in [-0.25, -0.2) is 0 Å². The van der Waals surface area contributed by atoms with E-state index in [0.717, 1.165) is 0 Å². The largest absolute Gasteiger partial charge is 0.375 e. The summed E-state index contributed by atoms with van der Waals surface area (Å²) >= 11 is 0. The molecule has 0 N–H and O–H groups in total. The average molecular weight is 502 g/mol. The summed E-state index contributed by atoms with van der Waals surface area (Å²) in [4.78, 5) is 0. The van der Waals surface area contributed by atoms with Gasteiger partial charge in [-0.1, -0.05) is 71.3 Å². The van der Waals surface area contributed by atoms with E-state index in [2.05, 4.69) is 129 Å². The van der Waals surface area contributed by atoms with Crippen molar-refractivity contribution in [2.45, 2.75) is 41.5 Å². The fourth-order valence-electron chi connectivity index (χ4n) is 7.62. The molecule has 0 radical (unpaired) electrons. The fourth-order valence-corrected chi connectivity index (χ4v) is 7.62. The molecule has 1 aliphatic heterocycles. The first-order chi connectivity index (χ1) is 18.8. The Bertz CT molecular complexity index is 2130. The summed E-state index contributed by atoms with van der Waals surface area (Å²) in [5.74, 6) is 0. The van der Waals surface area contributed by atoms with E-state index in [-0.39, 0.29) is 6.85 Å². The standard InChI is InChI=1S/C36H31BN2/c1-20-11-13-26-27-14-12-23(4)33-36(27)38(32(26)19-20)31-10-8-7-9-30(31)37(33)39-34-24(5)15-21(2)17-28(34)29-18-22(3)16-25(6)35(29)39/h7-19H,1-6H3. The van der Waals surface area contributed by atoms with Crippen molar-refractivity contribution in [2.24, 2.45) is 0 Å². The lowest BCUT2D eigenvalue weighted by molar-refractivity contribution is 1.17.